The van der Waals surface area contributed by atoms with Gasteiger partial charge in [-0.1, -0.05) is 19.9 Å². The molecule has 0 aliphatic rings. The van der Waals surface area contributed by atoms with E-state index in [1.807, 2.05) is 13.8 Å². The Morgan fingerprint density at radius 3 is 2.41 bits per heavy atom. The highest BCUT2D eigenvalue weighted by Gasteiger charge is 2.29. The Morgan fingerprint density at radius 1 is 1.32 bits per heavy atom. The van der Waals surface area contributed by atoms with Crippen LogP contribution in [0.2, 0.25) is 0 Å². The molecule has 1 N–H and O–H groups in total. The number of sulfonamides is 1. The summed E-state index contributed by atoms with van der Waals surface area (Å²) in [5.74, 6) is -1.08. The maximum Gasteiger partial charge on any atom is 0.244 e. The third-order valence-electron chi connectivity index (χ3n) is 3.12. The van der Waals surface area contributed by atoms with Crippen molar-refractivity contribution in [3.63, 3.8) is 0 Å². The first-order chi connectivity index (χ1) is 10.0. The van der Waals surface area contributed by atoms with Gasteiger partial charge in [-0.2, -0.15) is 4.72 Å². The summed E-state index contributed by atoms with van der Waals surface area (Å²) >= 11 is 0. The van der Waals surface area contributed by atoms with Crippen molar-refractivity contribution in [2.75, 3.05) is 14.1 Å². The second kappa shape index (κ2) is 7.19. The molecule has 0 bridgehead atoms. The third kappa shape index (κ3) is 4.78. The topological polar surface area (TPSA) is 66.5 Å². The van der Waals surface area contributed by atoms with Crippen molar-refractivity contribution in [2.45, 2.75) is 38.1 Å². The molecule has 0 radical (unpaired) electrons. The molecule has 1 atom stereocenters. The van der Waals surface area contributed by atoms with Crippen molar-refractivity contribution >= 4 is 15.9 Å². The third-order valence-corrected chi connectivity index (χ3v) is 4.61. The molecule has 0 aromatic heterocycles. The van der Waals surface area contributed by atoms with Crippen molar-refractivity contribution in [1.82, 2.24) is 9.62 Å². The molecule has 1 aromatic carbocycles. The number of halogens is 1. The maximum absolute atomic E-state index is 13.8. The van der Waals surface area contributed by atoms with Crippen molar-refractivity contribution in [2.24, 2.45) is 5.92 Å². The lowest BCUT2D eigenvalue weighted by molar-refractivity contribution is -0.130. The molecule has 0 heterocycles. The van der Waals surface area contributed by atoms with Gasteiger partial charge in [0.15, 0.2) is 0 Å². The van der Waals surface area contributed by atoms with E-state index in [1.165, 1.54) is 17.0 Å². The zero-order valence-electron chi connectivity index (χ0n) is 13.6. The van der Waals surface area contributed by atoms with Gasteiger partial charge in [0.25, 0.3) is 0 Å². The Balaban J connectivity index is 3.15. The number of benzene rings is 1. The number of hydrogen-bond acceptors (Lipinski definition) is 3. The molecule has 1 rings (SSSR count). The highest BCUT2D eigenvalue weighted by molar-refractivity contribution is 7.89. The molecule has 0 fully saturated rings. The van der Waals surface area contributed by atoms with Crippen LogP contribution in [0.4, 0.5) is 4.39 Å². The molecular formula is C15H23FN2O3S. The Bertz CT molecular complexity index is 642. The molecule has 0 saturated heterocycles. The zero-order chi connectivity index (χ0) is 17.1. The minimum atomic E-state index is -4.11. The highest BCUT2D eigenvalue weighted by Crippen LogP contribution is 2.18. The van der Waals surface area contributed by atoms with Gasteiger partial charge in [0.1, 0.15) is 16.8 Å². The number of likely N-dealkylation sites (N-methyl/N-ethyl adjacent to an activating group) is 1. The smallest absolute Gasteiger partial charge is 0.244 e. The monoisotopic (exact) mass is 330 g/mol. The Kier molecular flexibility index (Phi) is 6.08. The van der Waals surface area contributed by atoms with Crippen molar-refractivity contribution in [3.05, 3.63) is 29.6 Å². The van der Waals surface area contributed by atoms with E-state index in [2.05, 4.69) is 4.72 Å². The summed E-state index contributed by atoms with van der Waals surface area (Å²) in [4.78, 5) is 13.0. The second-order valence-corrected chi connectivity index (χ2v) is 7.65. The lowest BCUT2D eigenvalue weighted by Crippen LogP contribution is -2.47. The number of carbonyl (C=O) groups is 1. The Labute approximate surface area is 131 Å². The summed E-state index contributed by atoms with van der Waals surface area (Å²) in [6.45, 7) is 5.45. The highest BCUT2D eigenvalue weighted by atomic mass is 32.2. The number of rotatable bonds is 6. The van der Waals surface area contributed by atoms with Gasteiger partial charge in [-0.05, 0) is 37.0 Å². The molecule has 1 amide bonds. The van der Waals surface area contributed by atoms with E-state index in [0.29, 0.717) is 12.0 Å². The number of hydrogen-bond donors (Lipinski definition) is 1. The van der Waals surface area contributed by atoms with Gasteiger partial charge >= 0.3 is 0 Å². The predicted octanol–water partition coefficient (Wildman–Crippen LogP) is 1.92. The number of amides is 1. The molecule has 7 heteroatoms. The van der Waals surface area contributed by atoms with Crippen LogP contribution in [0.5, 0.6) is 0 Å². The quantitative estimate of drug-likeness (QED) is 0.866. The van der Waals surface area contributed by atoms with Crippen LogP contribution in [0.3, 0.4) is 0 Å². The van der Waals surface area contributed by atoms with Crippen LogP contribution in [-0.2, 0) is 14.8 Å². The number of nitrogens with one attached hydrogen (secondary N) is 1. The fourth-order valence-corrected chi connectivity index (χ4v) is 3.41. The average Bonchev–Trinajstić information content (AvgIpc) is 2.38. The Morgan fingerprint density at radius 2 is 1.91 bits per heavy atom. The van der Waals surface area contributed by atoms with Crippen LogP contribution in [0.1, 0.15) is 25.8 Å². The number of nitrogens with zero attached hydrogens (tertiary/aromatic N) is 1. The van der Waals surface area contributed by atoms with Crippen LogP contribution in [0.15, 0.2) is 23.1 Å². The molecule has 124 valence electrons. The maximum atomic E-state index is 13.8. The minimum Gasteiger partial charge on any atom is -0.347 e. The van der Waals surface area contributed by atoms with E-state index in [0.717, 1.165) is 6.07 Å². The summed E-state index contributed by atoms with van der Waals surface area (Å²) in [5, 5.41) is 0. The summed E-state index contributed by atoms with van der Waals surface area (Å²) < 4.78 is 41.0. The molecule has 0 aliphatic heterocycles. The van der Waals surface area contributed by atoms with E-state index < -0.39 is 26.8 Å². The van der Waals surface area contributed by atoms with Gasteiger partial charge in [0.05, 0.1) is 0 Å². The molecule has 5 nitrogen and oxygen atoms in total. The molecule has 0 unspecified atom stereocenters. The van der Waals surface area contributed by atoms with E-state index >= 15 is 0 Å². The van der Waals surface area contributed by atoms with Crippen molar-refractivity contribution in [3.8, 4) is 0 Å². The van der Waals surface area contributed by atoms with Crippen LogP contribution >= 0.6 is 0 Å². The van der Waals surface area contributed by atoms with Crippen LogP contribution in [0.25, 0.3) is 0 Å². The lowest BCUT2D eigenvalue weighted by atomic mass is 10.0. The molecule has 1 aromatic rings. The molecular weight excluding hydrogens is 307 g/mol. The van der Waals surface area contributed by atoms with Gasteiger partial charge in [0.2, 0.25) is 15.9 Å². The van der Waals surface area contributed by atoms with Crippen LogP contribution in [0, 0.1) is 18.7 Å². The van der Waals surface area contributed by atoms with Gasteiger partial charge < -0.3 is 4.90 Å². The average molecular weight is 330 g/mol. The molecule has 22 heavy (non-hydrogen) atoms. The summed E-state index contributed by atoms with van der Waals surface area (Å²) in [7, 11) is -1.00. The van der Waals surface area contributed by atoms with Crippen molar-refractivity contribution < 1.29 is 17.6 Å². The molecule has 0 spiro atoms. The normalized spacial score (nSPS) is 13.2. The first-order valence-electron chi connectivity index (χ1n) is 7.04. The zero-order valence-corrected chi connectivity index (χ0v) is 14.4. The van der Waals surface area contributed by atoms with Crippen LogP contribution in [-0.4, -0.2) is 39.4 Å². The summed E-state index contributed by atoms with van der Waals surface area (Å²) in [6, 6.07) is 2.93. The summed E-state index contributed by atoms with van der Waals surface area (Å²) in [6.07, 6.45) is 0.337. The van der Waals surface area contributed by atoms with E-state index in [9.17, 15) is 17.6 Å². The first-order valence-corrected chi connectivity index (χ1v) is 8.52. The van der Waals surface area contributed by atoms with Crippen LogP contribution < -0.4 is 4.72 Å². The lowest BCUT2D eigenvalue weighted by Gasteiger charge is -2.23. The molecule has 0 aliphatic carbocycles. The fourth-order valence-electron chi connectivity index (χ4n) is 2.05. The van der Waals surface area contributed by atoms with E-state index in [-0.39, 0.29) is 11.8 Å². The van der Waals surface area contributed by atoms with Gasteiger partial charge in [-0.3, -0.25) is 4.79 Å². The summed E-state index contributed by atoms with van der Waals surface area (Å²) in [5.41, 5.74) is 0.626. The van der Waals surface area contributed by atoms with Gasteiger partial charge in [0, 0.05) is 14.1 Å². The Hall–Kier alpha value is -1.47. The fraction of sp³-hybridized carbons (Fsp3) is 0.533. The number of aryl methyl sites for hydroxylation is 1. The van der Waals surface area contributed by atoms with E-state index in [4.69, 9.17) is 0 Å². The molecule has 0 saturated carbocycles. The van der Waals surface area contributed by atoms with Gasteiger partial charge in [-0.15, -0.1) is 0 Å². The largest absolute Gasteiger partial charge is 0.347 e. The predicted molar refractivity (Wildman–Crippen MR) is 83.4 cm³/mol. The first kappa shape index (κ1) is 18.6. The van der Waals surface area contributed by atoms with E-state index in [1.54, 1.807) is 21.0 Å². The SMILES string of the molecule is Cc1ccc(F)c(S(=O)(=O)N[C@@H](CC(C)C)C(=O)N(C)C)c1. The second-order valence-electron chi connectivity index (χ2n) is 5.97. The minimum absolute atomic E-state index is 0.110. The number of carbonyl (C=O) groups excluding carboxylic acids is 1. The van der Waals surface area contributed by atoms with Gasteiger partial charge in [-0.25, -0.2) is 12.8 Å². The standard InChI is InChI=1S/C15H23FN2O3S/c1-10(2)8-13(15(19)18(4)5)17-22(20,21)14-9-11(3)6-7-12(14)16/h6-7,9-10,13,17H,8H2,1-5H3/t13-/m0/s1. The van der Waals surface area contributed by atoms with Crippen molar-refractivity contribution in [1.29, 1.82) is 0 Å².